The first-order chi connectivity index (χ1) is 9.65. The second-order valence-electron chi connectivity index (χ2n) is 5.18. The summed E-state index contributed by atoms with van der Waals surface area (Å²) in [5.41, 5.74) is 1.83. The second kappa shape index (κ2) is 6.94. The maximum Gasteiger partial charge on any atom is 0.142 e. The average Bonchev–Trinajstić information content (AvgIpc) is 2.44. The van der Waals surface area contributed by atoms with Gasteiger partial charge in [0.1, 0.15) is 11.6 Å². The van der Waals surface area contributed by atoms with Crippen LogP contribution in [0.2, 0.25) is 0 Å². The average molecular weight is 273 g/mol. The highest BCUT2D eigenvalue weighted by Gasteiger charge is 2.04. The summed E-state index contributed by atoms with van der Waals surface area (Å²) in [4.78, 5) is 0. The summed E-state index contributed by atoms with van der Waals surface area (Å²) < 4.78 is 18.9. The smallest absolute Gasteiger partial charge is 0.142 e. The van der Waals surface area contributed by atoms with Crippen molar-refractivity contribution >= 4 is 5.69 Å². The van der Waals surface area contributed by atoms with Gasteiger partial charge in [-0.3, -0.25) is 0 Å². The standard InChI is InChI=1S/C17H20FNO/c1-13(2)12-20-17-9-4-3-8-16(17)19-11-14-6-5-7-15(18)10-14/h3-10,13,19H,11-12H2,1-2H3. The number of rotatable bonds is 6. The summed E-state index contributed by atoms with van der Waals surface area (Å²) in [6, 6.07) is 14.4. The SMILES string of the molecule is CC(C)COc1ccccc1NCc1cccc(F)c1. The summed E-state index contributed by atoms with van der Waals surface area (Å²) in [5.74, 6) is 1.09. The maximum absolute atomic E-state index is 13.1. The van der Waals surface area contributed by atoms with Crippen molar-refractivity contribution in [2.24, 2.45) is 5.92 Å². The molecule has 2 aromatic carbocycles. The minimum Gasteiger partial charge on any atom is -0.491 e. The lowest BCUT2D eigenvalue weighted by atomic mass is 10.2. The summed E-state index contributed by atoms with van der Waals surface area (Å²) in [6.07, 6.45) is 0. The van der Waals surface area contributed by atoms with Crippen LogP contribution in [0, 0.1) is 11.7 Å². The molecule has 2 aromatic rings. The number of benzene rings is 2. The zero-order chi connectivity index (χ0) is 14.4. The molecule has 2 rings (SSSR count). The number of anilines is 1. The molecule has 1 N–H and O–H groups in total. The fourth-order valence-corrected chi connectivity index (χ4v) is 1.84. The highest BCUT2D eigenvalue weighted by Crippen LogP contribution is 2.24. The molecule has 0 saturated heterocycles. The Balaban J connectivity index is 2.02. The van der Waals surface area contributed by atoms with Crippen LogP contribution in [0.1, 0.15) is 19.4 Å². The summed E-state index contributed by atoms with van der Waals surface area (Å²) in [5, 5.41) is 3.29. The zero-order valence-electron chi connectivity index (χ0n) is 11.9. The molecule has 0 aliphatic carbocycles. The van der Waals surface area contributed by atoms with Crippen LogP contribution in [-0.2, 0) is 6.54 Å². The number of hydrogen-bond donors (Lipinski definition) is 1. The van der Waals surface area contributed by atoms with Crippen molar-refractivity contribution in [3.05, 3.63) is 59.9 Å². The van der Waals surface area contributed by atoms with Crippen LogP contribution in [0.3, 0.4) is 0 Å². The lowest BCUT2D eigenvalue weighted by molar-refractivity contribution is 0.272. The van der Waals surface area contributed by atoms with E-state index >= 15 is 0 Å². The van der Waals surface area contributed by atoms with E-state index in [0.29, 0.717) is 19.1 Å². The Kier molecular flexibility index (Phi) is 4.99. The molecule has 0 aliphatic rings. The van der Waals surface area contributed by atoms with E-state index in [-0.39, 0.29) is 5.82 Å². The van der Waals surface area contributed by atoms with E-state index in [1.807, 2.05) is 30.3 Å². The number of nitrogens with one attached hydrogen (secondary N) is 1. The molecule has 0 aliphatic heterocycles. The van der Waals surface area contributed by atoms with E-state index in [0.717, 1.165) is 17.0 Å². The van der Waals surface area contributed by atoms with Crippen LogP contribution in [0.15, 0.2) is 48.5 Å². The van der Waals surface area contributed by atoms with Gasteiger partial charge < -0.3 is 10.1 Å². The Hall–Kier alpha value is -2.03. The topological polar surface area (TPSA) is 21.3 Å². The molecule has 106 valence electrons. The molecule has 3 heteroatoms. The molecule has 0 atom stereocenters. The van der Waals surface area contributed by atoms with E-state index in [2.05, 4.69) is 19.2 Å². The van der Waals surface area contributed by atoms with Crippen LogP contribution in [0.25, 0.3) is 0 Å². The molecule has 0 unspecified atom stereocenters. The van der Waals surface area contributed by atoms with E-state index in [1.165, 1.54) is 12.1 Å². The monoisotopic (exact) mass is 273 g/mol. The Morgan fingerprint density at radius 1 is 1.10 bits per heavy atom. The molecule has 0 amide bonds. The molecule has 20 heavy (non-hydrogen) atoms. The Morgan fingerprint density at radius 2 is 1.90 bits per heavy atom. The van der Waals surface area contributed by atoms with E-state index < -0.39 is 0 Å². The summed E-state index contributed by atoms with van der Waals surface area (Å²) in [7, 11) is 0. The summed E-state index contributed by atoms with van der Waals surface area (Å²) >= 11 is 0. The fourth-order valence-electron chi connectivity index (χ4n) is 1.84. The van der Waals surface area contributed by atoms with Gasteiger partial charge in [-0.1, -0.05) is 38.1 Å². The molecule has 0 fully saturated rings. The lowest BCUT2D eigenvalue weighted by Crippen LogP contribution is -2.07. The number of para-hydroxylation sites is 2. The van der Waals surface area contributed by atoms with Gasteiger partial charge in [0.15, 0.2) is 0 Å². The van der Waals surface area contributed by atoms with Gasteiger partial charge >= 0.3 is 0 Å². The first kappa shape index (κ1) is 14.4. The molecule has 0 saturated carbocycles. The van der Waals surface area contributed by atoms with Crippen molar-refractivity contribution in [3.8, 4) is 5.75 Å². The van der Waals surface area contributed by atoms with Crippen LogP contribution in [0.4, 0.5) is 10.1 Å². The predicted molar refractivity (Wildman–Crippen MR) is 80.5 cm³/mol. The molecule has 0 spiro atoms. The van der Waals surface area contributed by atoms with Crippen LogP contribution in [-0.4, -0.2) is 6.61 Å². The van der Waals surface area contributed by atoms with Gasteiger partial charge in [-0.25, -0.2) is 4.39 Å². The van der Waals surface area contributed by atoms with E-state index in [4.69, 9.17) is 4.74 Å². The van der Waals surface area contributed by atoms with Crippen LogP contribution in [0.5, 0.6) is 5.75 Å². The number of hydrogen-bond acceptors (Lipinski definition) is 2. The van der Waals surface area contributed by atoms with Gasteiger partial charge in [0.05, 0.1) is 12.3 Å². The van der Waals surface area contributed by atoms with Gasteiger partial charge in [-0.15, -0.1) is 0 Å². The fraction of sp³-hybridized carbons (Fsp3) is 0.294. The van der Waals surface area contributed by atoms with Crippen molar-refractivity contribution in [2.75, 3.05) is 11.9 Å². The van der Waals surface area contributed by atoms with E-state index in [1.54, 1.807) is 6.07 Å². The van der Waals surface area contributed by atoms with Gasteiger partial charge in [-0.2, -0.15) is 0 Å². The molecular weight excluding hydrogens is 253 g/mol. The zero-order valence-corrected chi connectivity index (χ0v) is 11.9. The van der Waals surface area contributed by atoms with Crippen LogP contribution < -0.4 is 10.1 Å². The van der Waals surface area contributed by atoms with Gasteiger partial charge in [-0.05, 0) is 35.7 Å². The lowest BCUT2D eigenvalue weighted by Gasteiger charge is -2.14. The van der Waals surface area contributed by atoms with Crippen molar-refractivity contribution in [1.82, 2.24) is 0 Å². The number of halogens is 1. The molecule has 0 heterocycles. The van der Waals surface area contributed by atoms with Crippen molar-refractivity contribution in [1.29, 1.82) is 0 Å². The van der Waals surface area contributed by atoms with Crippen molar-refractivity contribution < 1.29 is 9.13 Å². The molecule has 0 aromatic heterocycles. The molecule has 2 nitrogen and oxygen atoms in total. The Morgan fingerprint density at radius 3 is 2.65 bits per heavy atom. The second-order valence-corrected chi connectivity index (χ2v) is 5.18. The number of ether oxygens (including phenoxy) is 1. The van der Waals surface area contributed by atoms with Crippen molar-refractivity contribution in [3.63, 3.8) is 0 Å². The highest BCUT2D eigenvalue weighted by atomic mass is 19.1. The Bertz CT molecular complexity index is 554. The predicted octanol–water partition coefficient (Wildman–Crippen LogP) is 4.47. The van der Waals surface area contributed by atoms with Gasteiger partial charge in [0.25, 0.3) is 0 Å². The minimum absolute atomic E-state index is 0.214. The normalized spacial score (nSPS) is 10.6. The third-order valence-electron chi connectivity index (χ3n) is 2.83. The minimum atomic E-state index is -0.214. The molecular formula is C17H20FNO. The molecule has 0 radical (unpaired) electrons. The van der Waals surface area contributed by atoms with E-state index in [9.17, 15) is 4.39 Å². The van der Waals surface area contributed by atoms with Crippen LogP contribution >= 0.6 is 0 Å². The first-order valence-corrected chi connectivity index (χ1v) is 6.85. The van der Waals surface area contributed by atoms with Gasteiger partial charge in [0, 0.05) is 6.54 Å². The summed E-state index contributed by atoms with van der Waals surface area (Å²) in [6.45, 7) is 5.48. The third kappa shape index (κ3) is 4.26. The van der Waals surface area contributed by atoms with Crippen molar-refractivity contribution in [2.45, 2.75) is 20.4 Å². The quantitative estimate of drug-likeness (QED) is 0.838. The third-order valence-corrected chi connectivity index (χ3v) is 2.83. The molecule has 0 bridgehead atoms. The highest BCUT2D eigenvalue weighted by molar-refractivity contribution is 5.56. The van der Waals surface area contributed by atoms with Gasteiger partial charge in [0.2, 0.25) is 0 Å². The first-order valence-electron chi connectivity index (χ1n) is 6.85. The maximum atomic E-state index is 13.1. The Labute approximate surface area is 119 Å². The largest absolute Gasteiger partial charge is 0.491 e.